The van der Waals surface area contributed by atoms with Crippen LogP contribution in [0, 0.1) is 20.8 Å². The van der Waals surface area contributed by atoms with Gasteiger partial charge in [-0.1, -0.05) is 77.9 Å². The molecule has 1 unspecified atom stereocenters. The lowest BCUT2D eigenvalue weighted by Crippen LogP contribution is -2.12. The van der Waals surface area contributed by atoms with E-state index in [4.69, 9.17) is 4.55 Å². The molecule has 29 heavy (non-hydrogen) atoms. The van der Waals surface area contributed by atoms with Crippen LogP contribution in [0.3, 0.4) is 0 Å². The van der Waals surface area contributed by atoms with E-state index >= 15 is 0 Å². The molecule has 1 atom stereocenters. The van der Waals surface area contributed by atoms with Crippen LogP contribution >= 0.6 is 0 Å². The van der Waals surface area contributed by atoms with Gasteiger partial charge in [-0.05, 0) is 38.0 Å². The number of aliphatic hydroxyl groups excluding tert-OH is 1. The lowest BCUT2D eigenvalue weighted by atomic mass is 9.98. The third-order valence-corrected chi connectivity index (χ3v) is 5.36. The third-order valence-electron chi connectivity index (χ3n) is 4.35. The first-order valence-electron chi connectivity index (χ1n) is 8.98. The number of aliphatic hydroxyl groups is 1. The fraction of sp³-hybridized carbons (Fsp3) is 0.174. The Morgan fingerprint density at radius 2 is 1.28 bits per heavy atom. The molecule has 5 nitrogen and oxygen atoms in total. The van der Waals surface area contributed by atoms with Crippen LogP contribution in [-0.2, 0) is 10.1 Å². The largest absolute Gasteiger partial charge is 0.380 e. The fourth-order valence-electron chi connectivity index (χ4n) is 2.62. The molecule has 6 heteroatoms. The summed E-state index contributed by atoms with van der Waals surface area (Å²) in [6.07, 6.45) is -1.09. The zero-order valence-corrected chi connectivity index (χ0v) is 17.3. The van der Waals surface area contributed by atoms with Gasteiger partial charge in [0.1, 0.15) is 6.10 Å². The van der Waals surface area contributed by atoms with Crippen molar-refractivity contribution >= 4 is 15.9 Å². The number of rotatable bonds is 4. The van der Waals surface area contributed by atoms with Crippen LogP contribution in [0.15, 0.2) is 77.7 Å². The SMILES string of the molecule is Cc1ccc(C(=O)C(O)c2ccc(C)cc2)cc1.Cc1ccccc1S(=O)(=O)O. The van der Waals surface area contributed by atoms with Gasteiger partial charge in [0.15, 0.2) is 5.78 Å². The molecule has 3 rings (SSSR count). The molecule has 2 N–H and O–H groups in total. The Balaban J connectivity index is 0.000000234. The summed E-state index contributed by atoms with van der Waals surface area (Å²) in [7, 11) is -4.03. The van der Waals surface area contributed by atoms with Crippen molar-refractivity contribution in [1.82, 2.24) is 0 Å². The third kappa shape index (κ3) is 6.35. The predicted molar refractivity (Wildman–Crippen MR) is 113 cm³/mol. The molecule has 0 heterocycles. The van der Waals surface area contributed by atoms with E-state index in [1.807, 2.05) is 38.1 Å². The summed E-state index contributed by atoms with van der Waals surface area (Å²) < 4.78 is 29.9. The van der Waals surface area contributed by atoms with Crippen molar-refractivity contribution in [3.05, 3.63) is 101 Å². The van der Waals surface area contributed by atoms with Gasteiger partial charge < -0.3 is 5.11 Å². The zero-order chi connectivity index (χ0) is 21.6. The van der Waals surface area contributed by atoms with Crippen LogP contribution in [0.4, 0.5) is 0 Å². The highest BCUT2D eigenvalue weighted by Crippen LogP contribution is 2.19. The zero-order valence-electron chi connectivity index (χ0n) is 16.5. The molecule has 0 aliphatic heterocycles. The average molecular weight is 413 g/mol. The Kier molecular flexibility index (Phi) is 7.45. The van der Waals surface area contributed by atoms with Gasteiger partial charge in [-0.3, -0.25) is 9.35 Å². The van der Waals surface area contributed by atoms with Crippen molar-refractivity contribution in [1.29, 1.82) is 0 Å². The fourth-order valence-corrected chi connectivity index (χ4v) is 3.35. The molecule has 0 amide bonds. The van der Waals surface area contributed by atoms with E-state index < -0.39 is 16.2 Å². The first kappa shape index (κ1) is 22.5. The molecule has 0 spiro atoms. The van der Waals surface area contributed by atoms with Crippen molar-refractivity contribution in [2.45, 2.75) is 31.8 Å². The molecule has 0 aliphatic rings. The second-order valence-electron chi connectivity index (χ2n) is 6.78. The maximum atomic E-state index is 12.1. The molecule has 0 saturated carbocycles. The van der Waals surface area contributed by atoms with Gasteiger partial charge in [0, 0.05) is 5.56 Å². The van der Waals surface area contributed by atoms with E-state index in [9.17, 15) is 18.3 Å². The van der Waals surface area contributed by atoms with E-state index in [0.29, 0.717) is 16.7 Å². The minimum atomic E-state index is -4.03. The Hall–Kier alpha value is -2.80. The van der Waals surface area contributed by atoms with E-state index in [2.05, 4.69) is 0 Å². The van der Waals surface area contributed by atoms with Gasteiger partial charge >= 0.3 is 0 Å². The minimum absolute atomic E-state index is 0.0278. The summed E-state index contributed by atoms with van der Waals surface area (Å²) >= 11 is 0. The molecular weight excluding hydrogens is 388 g/mol. The summed E-state index contributed by atoms with van der Waals surface area (Å²) in [5, 5.41) is 10.1. The molecule has 3 aromatic carbocycles. The van der Waals surface area contributed by atoms with Crippen LogP contribution in [-0.4, -0.2) is 23.9 Å². The second-order valence-corrected chi connectivity index (χ2v) is 8.17. The number of carbonyl (C=O) groups excluding carboxylic acids is 1. The molecule has 0 aromatic heterocycles. The molecule has 0 saturated heterocycles. The minimum Gasteiger partial charge on any atom is -0.380 e. The molecule has 0 bridgehead atoms. The Bertz CT molecular complexity index is 1070. The van der Waals surface area contributed by atoms with Gasteiger partial charge in [-0.2, -0.15) is 8.42 Å². The van der Waals surface area contributed by atoms with Crippen LogP contribution in [0.5, 0.6) is 0 Å². The van der Waals surface area contributed by atoms with E-state index in [-0.39, 0.29) is 10.7 Å². The van der Waals surface area contributed by atoms with Crippen molar-refractivity contribution < 1.29 is 22.9 Å². The first-order chi connectivity index (χ1) is 13.6. The predicted octanol–water partition coefficient (Wildman–Crippen LogP) is 4.46. The molecule has 0 radical (unpaired) electrons. The number of carbonyl (C=O) groups is 1. The van der Waals surface area contributed by atoms with E-state index in [1.54, 1.807) is 49.4 Å². The monoisotopic (exact) mass is 412 g/mol. The number of benzene rings is 3. The van der Waals surface area contributed by atoms with Gasteiger partial charge in [0.25, 0.3) is 10.1 Å². The van der Waals surface area contributed by atoms with Crippen LogP contribution in [0.1, 0.15) is 38.7 Å². The topological polar surface area (TPSA) is 91.7 Å². The summed E-state index contributed by atoms with van der Waals surface area (Å²) in [5.74, 6) is -0.265. The van der Waals surface area contributed by atoms with Crippen molar-refractivity contribution in [3.63, 3.8) is 0 Å². The highest BCUT2D eigenvalue weighted by atomic mass is 32.2. The summed E-state index contributed by atoms with van der Waals surface area (Å²) in [5.41, 5.74) is 3.92. The summed E-state index contributed by atoms with van der Waals surface area (Å²) in [6, 6.07) is 20.8. The van der Waals surface area contributed by atoms with Crippen molar-refractivity contribution in [2.24, 2.45) is 0 Å². The lowest BCUT2D eigenvalue weighted by molar-refractivity contribution is 0.0747. The van der Waals surface area contributed by atoms with Crippen molar-refractivity contribution in [3.8, 4) is 0 Å². The summed E-state index contributed by atoms with van der Waals surface area (Å²) in [6.45, 7) is 5.56. The number of aryl methyl sites for hydroxylation is 3. The molecule has 3 aromatic rings. The van der Waals surface area contributed by atoms with Gasteiger partial charge in [0.2, 0.25) is 0 Å². The number of Topliss-reactive ketones (excluding diaryl/α,β-unsaturated/α-hetero) is 1. The number of hydrogen-bond donors (Lipinski definition) is 2. The summed E-state index contributed by atoms with van der Waals surface area (Å²) in [4.78, 5) is 12.1. The van der Waals surface area contributed by atoms with E-state index in [1.165, 1.54) is 6.07 Å². The maximum absolute atomic E-state index is 12.1. The van der Waals surface area contributed by atoms with Crippen LogP contribution < -0.4 is 0 Å². The molecule has 0 fully saturated rings. The van der Waals surface area contributed by atoms with Crippen LogP contribution in [0.25, 0.3) is 0 Å². The standard InChI is InChI=1S/C16H16O2.C7H8O3S/c1-11-3-7-13(8-4-11)15(17)16(18)14-9-5-12(2)6-10-14;1-6-4-2-3-5-7(6)11(8,9)10/h3-10,15,17H,1-2H3;2-5H,1H3,(H,8,9,10). The Morgan fingerprint density at radius 1 is 0.793 bits per heavy atom. The highest BCUT2D eigenvalue weighted by molar-refractivity contribution is 7.85. The van der Waals surface area contributed by atoms with Gasteiger partial charge in [-0.15, -0.1) is 0 Å². The highest BCUT2D eigenvalue weighted by Gasteiger charge is 2.18. The van der Waals surface area contributed by atoms with Gasteiger partial charge in [-0.25, -0.2) is 0 Å². The lowest BCUT2D eigenvalue weighted by Gasteiger charge is -2.10. The molecule has 152 valence electrons. The number of ketones is 1. The van der Waals surface area contributed by atoms with E-state index in [0.717, 1.165) is 11.1 Å². The molecular formula is C23H24O5S. The quantitative estimate of drug-likeness (QED) is 0.488. The van der Waals surface area contributed by atoms with Gasteiger partial charge in [0.05, 0.1) is 4.90 Å². The Morgan fingerprint density at radius 3 is 1.72 bits per heavy atom. The Labute approximate surface area is 171 Å². The van der Waals surface area contributed by atoms with Crippen LogP contribution in [0.2, 0.25) is 0 Å². The number of hydrogen-bond acceptors (Lipinski definition) is 4. The smallest absolute Gasteiger partial charge is 0.294 e. The van der Waals surface area contributed by atoms with Crippen molar-refractivity contribution in [2.75, 3.05) is 0 Å². The average Bonchev–Trinajstić information content (AvgIpc) is 2.68. The second kappa shape index (κ2) is 9.60. The normalized spacial score (nSPS) is 11.9. The maximum Gasteiger partial charge on any atom is 0.294 e. The first-order valence-corrected chi connectivity index (χ1v) is 10.4. The molecule has 0 aliphatic carbocycles.